The van der Waals surface area contributed by atoms with Crippen molar-refractivity contribution in [1.82, 2.24) is 9.80 Å². The predicted molar refractivity (Wildman–Crippen MR) is 72.8 cm³/mol. The van der Waals surface area contributed by atoms with Crippen molar-refractivity contribution in [2.45, 2.75) is 31.8 Å². The van der Waals surface area contributed by atoms with E-state index in [1.165, 1.54) is 11.1 Å². The summed E-state index contributed by atoms with van der Waals surface area (Å²) in [7, 11) is 2.20. The Morgan fingerprint density at radius 2 is 2.11 bits per heavy atom. The van der Waals surface area contributed by atoms with Crippen molar-refractivity contribution in [2.75, 3.05) is 26.7 Å². The molecule has 1 heterocycles. The van der Waals surface area contributed by atoms with Crippen LogP contribution in [0, 0.1) is 0 Å². The van der Waals surface area contributed by atoms with E-state index >= 15 is 0 Å². The highest BCUT2D eigenvalue weighted by Gasteiger charge is 2.32. The molecule has 3 nitrogen and oxygen atoms in total. The third-order valence-electron chi connectivity index (χ3n) is 4.65. The summed E-state index contributed by atoms with van der Waals surface area (Å²) in [6, 6.07) is 7.12. The van der Waals surface area contributed by atoms with E-state index in [-0.39, 0.29) is 0 Å². The second kappa shape index (κ2) is 4.56. The summed E-state index contributed by atoms with van der Waals surface area (Å²) in [5.41, 5.74) is 2.53. The quantitative estimate of drug-likeness (QED) is 0.821. The number of aromatic hydroxyl groups is 1. The number of hydrogen-bond acceptors (Lipinski definition) is 3. The van der Waals surface area contributed by atoms with Gasteiger partial charge in [0.15, 0.2) is 0 Å². The zero-order valence-corrected chi connectivity index (χ0v) is 11.3. The summed E-state index contributed by atoms with van der Waals surface area (Å²) in [6.45, 7) is 5.72. The number of piperazine rings is 1. The third kappa shape index (κ3) is 1.91. The lowest BCUT2D eigenvalue weighted by Crippen LogP contribution is -2.50. The maximum Gasteiger partial charge on any atom is 0.119 e. The smallest absolute Gasteiger partial charge is 0.119 e. The van der Waals surface area contributed by atoms with Crippen molar-refractivity contribution in [3.05, 3.63) is 29.3 Å². The van der Waals surface area contributed by atoms with Crippen LogP contribution in [0.5, 0.6) is 5.75 Å². The second-order valence-electron chi connectivity index (χ2n) is 5.72. The first kappa shape index (κ1) is 12.0. The van der Waals surface area contributed by atoms with E-state index in [0.29, 0.717) is 17.8 Å². The number of nitrogens with zero attached hydrogens (tertiary/aromatic N) is 2. The van der Waals surface area contributed by atoms with Crippen LogP contribution in [0.1, 0.15) is 30.5 Å². The van der Waals surface area contributed by atoms with Gasteiger partial charge in [-0.05, 0) is 44.0 Å². The first-order valence-corrected chi connectivity index (χ1v) is 6.92. The second-order valence-corrected chi connectivity index (χ2v) is 5.72. The van der Waals surface area contributed by atoms with Crippen molar-refractivity contribution in [1.29, 1.82) is 0 Å². The molecule has 2 aliphatic rings. The van der Waals surface area contributed by atoms with E-state index in [1.54, 1.807) is 0 Å². The Labute approximate surface area is 109 Å². The third-order valence-corrected chi connectivity index (χ3v) is 4.65. The summed E-state index contributed by atoms with van der Waals surface area (Å²) in [5, 5.41) is 9.91. The average molecular weight is 246 g/mol. The molecule has 0 amide bonds. The van der Waals surface area contributed by atoms with Gasteiger partial charge in [-0.25, -0.2) is 0 Å². The highest BCUT2D eigenvalue weighted by molar-refractivity contribution is 5.44. The molecule has 1 fully saturated rings. The minimum Gasteiger partial charge on any atom is -0.508 e. The van der Waals surface area contributed by atoms with Crippen LogP contribution < -0.4 is 0 Å². The fourth-order valence-corrected chi connectivity index (χ4v) is 3.35. The minimum atomic E-state index is 0.483. The normalized spacial score (nSPS) is 29.4. The van der Waals surface area contributed by atoms with Crippen molar-refractivity contribution in [3.63, 3.8) is 0 Å². The van der Waals surface area contributed by atoms with Gasteiger partial charge in [-0.15, -0.1) is 0 Å². The zero-order valence-electron chi connectivity index (χ0n) is 11.3. The molecule has 1 aliphatic carbocycles. The van der Waals surface area contributed by atoms with E-state index < -0.39 is 0 Å². The molecule has 1 aromatic rings. The van der Waals surface area contributed by atoms with Gasteiger partial charge in [0.25, 0.3) is 0 Å². The van der Waals surface area contributed by atoms with Crippen LogP contribution in [0.4, 0.5) is 0 Å². The molecule has 1 aliphatic heterocycles. The number of hydrogen-bond donors (Lipinski definition) is 1. The molecule has 0 radical (unpaired) electrons. The van der Waals surface area contributed by atoms with Crippen LogP contribution in [0.25, 0.3) is 0 Å². The molecule has 0 aromatic heterocycles. The predicted octanol–water partition coefficient (Wildman–Crippen LogP) is 2.02. The van der Waals surface area contributed by atoms with Crippen LogP contribution in [-0.4, -0.2) is 47.6 Å². The Morgan fingerprint density at radius 3 is 2.89 bits per heavy atom. The van der Waals surface area contributed by atoms with Crippen molar-refractivity contribution in [2.24, 2.45) is 0 Å². The van der Waals surface area contributed by atoms with E-state index in [9.17, 15) is 5.11 Å². The molecular formula is C15H22N2O. The van der Waals surface area contributed by atoms with Crippen LogP contribution >= 0.6 is 0 Å². The highest BCUT2D eigenvalue weighted by atomic mass is 16.3. The van der Waals surface area contributed by atoms with Crippen LogP contribution in [0.3, 0.4) is 0 Å². The lowest BCUT2D eigenvalue weighted by Gasteiger charge is -2.41. The lowest BCUT2D eigenvalue weighted by molar-refractivity contribution is 0.0719. The van der Waals surface area contributed by atoms with Crippen molar-refractivity contribution in [3.8, 4) is 5.75 Å². The minimum absolute atomic E-state index is 0.483. The maximum absolute atomic E-state index is 9.91. The fourth-order valence-electron chi connectivity index (χ4n) is 3.35. The summed E-state index contributed by atoms with van der Waals surface area (Å²) in [5.74, 6) is 0.483. The van der Waals surface area contributed by atoms with Gasteiger partial charge in [0, 0.05) is 31.7 Å². The average Bonchev–Trinajstić information content (AvgIpc) is 2.78. The van der Waals surface area contributed by atoms with Gasteiger partial charge in [-0.3, -0.25) is 4.90 Å². The monoisotopic (exact) mass is 246 g/mol. The van der Waals surface area contributed by atoms with Crippen LogP contribution in [0.2, 0.25) is 0 Å². The summed E-state index contributed by atoms with van der Waals surface area (Å²) in [6.07, 6.45) is 2.18. The summed E-state index contributed by atoms with van der Waals surface area (Å²) >= 11 is 0. The molecule has 2 atom stereocenters. The first-order chi connectivity index (χ1) is 8.66. The van der Waals surface area contributed by atoms with E-state index in [0.717, 1.165) is 32.5 Å². The van der Waals surface area contributed by atoms with Crippen LogP contribution in [-0.2, 0) is 6.42 Å². The van der Waals surface area contributed by atoms with E-state index in [1.807, 2.05) is 12.1 Å². The number of likely N-dealkylation sites (N-methyl/N-ethyl adjacent to an activating group) is 1. The molecule has 0 bridgehead atoms. The topological polar surface area (TPSA) is 26.7 Å². The number of rotatable bonds is 1. The summed E-state index contributed by atoms with van der Waals surface area (Å²) < 4.78 is 0. The molecule has 1 N–H and O–H groups in total. The number of phenolic OH excluding ortho intramolecular Hbond substituents is 1. The number of fused-ring (bicyclic) bond motifs is 1. The number of phenols is 1. The van der Waals surface area contributed by atoms with Crippen molar-refractivity contribution >= 4 is 0 Å². The fraction of sp³-hybridized carbons (Fsp3) is 0.600. The lowest BCUT2D eigenvalue weighted by atomic mass is 10.0. The first-order valence-electron chi connectivity index (χ1n) is 6.92. The Bertz CT molecular complexity index is 446. The van der Waals surface area contributed by atoms with Gasteiger partial charge < -0.3 is 10.0 Å². The van der Waals surface area contributed by atoms with Gasteiger partial charge in [-0.1, -0.05) is 12.1 Å². The largest absolute Gasteiger partial charge is 0.508 e. The van der Waals surface area contributed by atoms with E-state index in [2.05, 4.69) is 29.8 Å². The molecule has 2 unspecified atom stereocenters. The molecule has 0 spiro atoms. The Balaban J connectivity index is 1.82. The van der Waals surface area contributed by atoms with Crippen LogP contribution in [0.15, 0.2) is 18.2 Å². The standard InChI is InChI=1S/C15H22N2O/c1-11-10-17(9-8-16(11)2)14-7-6-13-12(14)4-3-5-15(13)18/h3-5,11,14,18H,6-10H2,1-2H3. The Morgan fingerprint density at radius 1 is 1.28 bits per heavy atom. The van der Waals surface area contributed by atoms with Gasteiger partial charge >= 0.3 is 0 Å². The molecule has 0 saturated carbocycles. The van der Waals surface area contributed by atoms with E-state index in [4.69, 9.17) is 0 Å². The van der Waals surface area contributed by atoms with Crippen molar-refractivity contribution < 1.29 is 5.11 Å². The molecule has 1 saturated heterocycles. The number of benzene rings is 1. The molecule has 18 heavy (non-hydrogen) atoms. The molecule has 98 valence electrons. The summed E-state index contributed by atoms with van der Waals surface area (Å²) in [4.78, 5) is 5.02. The molecule has 3 rings (SSSR count). The Hall–Kier alpha value is -1.06. The molecule has 3 heteroatoms. The molecular weight excluding hydrogens is 224 g/mol. The van der Waals surface area contributed by atoms with Gasteiger partial charge in [0.05, 0.1) is 0 Å². The molecule has 1 aromatic carbocycles. The van der Waals surface area contributed by atoms with Gasteiger partial charge in [0.1, 0.15) is 5.75 Å². The Kier molecular flexibility index (Phi) is 3.04. The van der Waals surface area contributed by atoms with Gasteiger partial charge in [0.2, 0.25) is 0 Å². The zero-order chi connectivity index (χ0) is 12.7. The maximum atomic E-state index is 9.91. The van der Waals surface area contributed by atoms with Gasteiger partial charge in [-0.2, -0.15) is 0 Å². The highest BCUT2D eigenvalue weighted by Crippen LogP contribution is 2.40. The SMILES string of the molecule is CC1CN(C2CCc3c(O)cccc32)CCN1C.